The summed E-state index contributed by atoms with van der Waals surface area (Å²) in [5.74, 6) is 0. The third-order valence-corrected chi connectivity index (χ3v) is 1.48. The van der Waals surface area contributed by atoms with Crippen LogP contribution in [-0.2, 0) is 0 Å². The quantitative estimate of drug-likeness (QED) is 0.540. The number of fused-ring (bicyclic) bond motifs is 1. The van der Waals surface area contributed by atoms with Crippen molar-refractivity contribution in [3.63, 3.8) is 0 Å². The highest BCUT2D eigenvalue weighted by Crippen LogP contribution is 2.11. The second-order valence-corrected chi connectivity index (χ2v) is 2.13. The fourth-order valence-electron chi connectivity index (χ4n) is 0.954. The Morgan fingerprint density at radius 2 is 2.44 bits per heavy atom. The van der Waals surface area contributed by atoms with Crippen molar-refractivity contribution in [2.75, 3.05) is 0 Å². The monoisotopic (exact) mass is 121 g/mol. The Labute approximate surface area is 52.1 Å². The summed E-state index contributed by atoms with van der Waals surface area (Å²) >= 11 is 0. The predicted molar refractivity (Wildman–Crippen MR) is 35.2 cm³/mol. The van der Waals surface area contributed by atoms with Crippen molar-refractivity contribution in [1.29, 1.82) is 0 Å². The average molecular weight is 121 g/mol. The summed E-state index contributed by atoms with van der Waals surface area (Å²) in [5, 5.41) is 6.75. The molecule has 0 saturated heterocycles. The number of aromatic nitrogens is 3. The number of nitrogens with zero attached hydrogens (tertiary/aromatic N) is 1. The number of nitrogens with one attached hydrogen (secondary N) is 2. The molecule has 0 fully saturated rings. The predicted octanol–water partition coefficient (Wildman–Crippen LogP) is 1.20. The molecule has 0 spiro atoms. The first-order valence-electron chi connectivity index (χ1n) is 2.85. The Kier molecular flexibility index (Phi) is 0.704. The molecule has 2 aromatic heterocycles. The molecule has 0 unspecified atom stereocenters. The zero-order valence-electron chi connectivity index (χ0n) is 5.10. The van der Waals surface area contributed by atoms with Gasteiger partial charge in [0, 0.05) is 6.20 Å². The van der Waals surface area contributed by atoms with Crippen LogP contribution in [0.25, 0.3) is 11.0 Å². The van der Waals surface area contributed by atoms with Crippen molar-refractivity contribution in [1.82, 2.24) is 15.2 Å². The molecule has 0 bridgehead atoms. The van der Waals surface area contributed by atoms with Crippen LogP contribution in [-0.4, -0.2) is 15.2 Å². The Balaban J connectivity index is 2.99. The van der Waals surface area contributed by atoms with E-state index in [9.17, 15) is 0 Å². The van der Waals surface area contributed by atoms with E-state index in [0.717, 1.165) is 11.0 Å². The van der Waals surface area contributed by atoms with Gasteiger partial charge in [0.15, 0.2) is 0 Å². The van der Waals surface area contributed by atoms with Gasteiger partial charge in [0.2, 0.25) is 0 Å². The van der Waals surface area contributed by atoms with E-state index in [2.05, 4.69) is 15.2 Å². The molecule has 2 rings (SSSR count). The SMILES string of the molecule is Cc1c[nH]c2cn[nH]c12. The van der Waals surface area contributed by atoms with Crippen molar-refractivity contribution in [3.8, 4) is 0 Å². The van der Waals surface area contributed by atoms with E-state index < -0.39 is 0 Å². The van der Waals surface area contributed by atoms with E-state index in [1.807, 2.05) is 13.1 Å². The first kappa shape index (κ1) is 4.61. The average Bonchev–Trinajstić information content (AvgIpc) is 2.35. The molecule has 0 aliphatic rings. The van der Waals surface area contributed by atoms with Gasteiger partial charge in [-0.25, -0.2) is 0 Å². The van der Waals surface area contributed by atoms with Gasteiger partial charge in [0.25, 0.3) is 0 Å². The third-order valence-electron chi connectivity index (χ3n) is 1.48. The number of H-pyrrole nitrogens is 2. The van der Waals surface area contributed by atoms with Crippen LogP contribution < -0.4 is 0 Å². The summed E-state index contributed by atoms with van der Waals surface area (Å²) in [6.07, 6.45) is 3.74. The maximum Gasteiger partial charge on any atom is 0.0856 e. The largest absolute Gasteiger partial charge is 0.358 e. The standard InChI is InChI=1S/C6H7N3/c1-4-2-7-5-3-8-9-6(4)5/h2-3,7H,1H3,(H,8,9). The van der Waals surface area contributed by atoms with Crippen LogP contribution in [0, 0.1) is 6.92 Å². The van der Waals surface area contributed by atoms with Crippen LogP contribution in [0.1, 0.15) is 5.56 Å². The third kappa shape index (κ3) is 0.483. The number of aromatic amines is 2. The molecule has 0 radical (unpaired) electrons. The van der Waals surface area contributed by atoms with E-state index in [4.69, 9.17) is 0 Å². The number of aryl methyl sites for hydroxylation is 1. The summed E-state index contributed by atoms with van der Waals surface area (Å²) < 4.78 is 0. The van der Waals surface area contributed by atoms with Crippen LogP contribution in [0.3, 0.4) is 0 Å². The molecule has 3 nitrogen and oxygen atoms in total. The summed E-state index contributed by atoms with van der Waals surface area (Å²) in [7, 11) is 0. The molecule has 46 valence electrons. The van der Waals surface area contributed by atoms with Gasteiger partial charge >= 0.3 is 0 Å². The maximum absolute atomic E-state index is 3.87. The molecule has 2 heterocycles. The van der Waals surface area contributed by atoms with E-state index in [1.165, 1.54) is 5.56 Å². The molecule has 0 amide bonds. The smallest absolute Gasteiger partial charge is 0.0856 e. The zero-order chi connectivity index (χ0) is 6.27. The van der Waals surface area contributed by atoms with E-state index in [-0.39, 0.29) is 0 Å². The number of hydrogen-bond acceptors (Lipinski definition) is 1. The van der Waals surface area contributed by atoms with Crippen LogP contribution in [0.4, 0.5) is 0 Å². The van der Waals surface area contributed by atoms with Gasteiger partial charge in [-0.2, -0.15) is 5.10 Å². The van der Waals surface area contributed by atoms with Gasteiger partial charge in [-0.05, 0) is 12.5 Å². The van der Waals surface area contributed by atoms with E-state index >= 15 is 0 Å². The molecule has 0 aliphatic heterocycles. The van der Waals surface area contributed by atoms with Gasteiger partial charge < -0.3 is 4.98 Å². The van der Waals surface area contributed by atoms with Crippen LogP contribution in [0.15, 0.2) is 12.4 Å². The minimum absolute atomic E-state index is 1.08. The van der Waals surface area contributed by atoms with E-state index in [0.29, 0.717) is 0 Å². The van der Waals surface area contributed by atoms with Crippen LogP contribution >= 0.6 is 0 Å². The minimum Gasteiger partial charge on any atom is -0.358 e. The van der Waals surface area contributed by atoms with Gasteiger partial charge in [-0.1, -0.05) is 0 Å². The Bertz CT molecular complexity index is 317. The molecule has 9 heavy (non-hydrogen) atoms. The highest BCUT2D eigenvalue weighted by Gasteiger charge is 1.97. The van der Waals surface area contributed by atoms with E-state index in [1.54, 1.807) is 6.20 Å². The maximum atomic E-state index is 3.87. The molecular weight excluding hydrogens is 114 g/mol. The van der Waals surface area contributed by atoms with Gasteiger partial charge in [0.05, 0.1) is 17.2 Å². The van der Waals surface area contributed by atoms with Crippen LogP contribution in [0.5, 0.6) is 0 Å². The number of rotatable bonds is 0. The topological polar surface area (TPSA) is 44.5 Å². The zero-order valence-corrected chi connectivity index (χ0v) is 5.10. The lowest BCUT2D eigenvalue weighted by Gasteiger charge is -1.75. The summed E-state index contributed by atoms with van der Waals surface area (Å²) in [4.78, 5) is 3.07. The van der Waals surface area contributed by atoms with Gasteiger partial charge in [-0.15, -0.1) is 0 Å². The van der Waals surface area contributed by atoms with Crippen molar-refractivity contribution in [3.05, 3.63) is 18.0 Å². The molecular formula is C6H7N3. The molecule has 3 heteroatoms. The fourth-order valence-corrected chi connectivity index (χ4v) is 0.954. The first-order valence-corrected chi connectivity index (χ1v) is 2.85. The lowest BCUT2D eigenvalue weighted by Crippen LogP contribution is -1.66. The van der Waals surface area contributed by atoms with Crippen molar-refractivity contribution < 1.29 is 0 Å². The van der Waals surface area contributed by atoms with Crippen molar-refractivity contribution >= 4 is 11.0 Å². The molecule has 0 aromatic carbocycles. The lowest BCUT2D eigenvalue weighted by atomic mass is 10.3. The fraction of sp³-hybridized carbons (Fsp3) is 0.167. The first-order chi connectivity index (χ1) is 4.38. The Hall–Kier alpha value is -1.25. The molecule has 0 atom stereocenters. The van der Waals surface area contributed by atoms with Crippen LogP contribution in [0.2, 0.25) is 0 Å². The lowest BCUT2D eigenvalue weighted by molar-refractivity contribution is 1.11. The van der Waals surface area contributed by atoms with Crippen molar-refractivity contribution in [2.45, 2.75) is 6.92 Å². The Morgan fingerprint density at radius 3 is 3.22 bits per heavy atom. The molecule has 0 saturated carbocycles. The molecule has 0 aliphatic carbocycles. The highest BCUT2D eigenvalue weighted by atomic mass is 15.1. The summed E-state index contributed by atoms with van der Waals surface area (Å²) in [5.41, 5.74) is 3.39. The Morgan fingerprint density at radius 1 is 1.56 bits per heavy atom. The molecule has 2 N–H and O–H groups in total. The minimum atomic E-state index is 1.08. The summed E-state index contributed by atoms with van der Waals surface area (Å²) in [6, 6.07) is 0. The van der Waals surface area contributed by atoms with Crippen molar-refractivity contribution in [2.24, 2.45) is 0 Å². The normalized spacial score (nSPS) is 10.8. The number of hydrogen-bond donors (Lipinski definition) is 2. The second-order valence-electron chi connectivity index (χ2n) is 2.13. The van der Waals surface area contributed by atoms with Gasteiger partial charge in [0.1, 0.15) is 0 Å². The highest BCUT2D eigenvalue weighted by molar-refractivity contribution is 5.77. The molecule has 2 aromatic rings. The summed E-state index contributed by atoms with van der Waals surface area (Å²) in [6.45, 7) is 2.04. The van der Waals surface area contributed by atoms with Gasteiger partial charge in [-0.3, -0.25) is 5.10 Å². The second kappa shape index (κ2) is 1.37.